The Labute approximate surface area is 160 Å². The van der Waals surface area contributed by atoms with Crippen molar-refractivity contribution in [1.29, 1.82) is 0 Å². The molecular weight excluding hydrogens is 367 g/mol. The molecule has 0 aliphatic rings. The lowest BCUT2D eigenvalue weighted by atomic mass is 10.2. The fraction of sp³-hybridized carbons (Fsp3) is 0.316. The van der Waals surface area contributed by atoms with Gasteiger partial charge in [0.05, 0.1) is 24.4 Å². The number of thiazole rings is 1. The fourth-order valence-electron chi connectivity index (χ4n) is 2.93. The third-order valence-corrected chi connectivity index (χ3v) is 5.39. The standard InChI is InChI=1S/C19H21FN4O2S/c1-4-23(15-7-5-13(20)6-8-15)11-14-9-18(26)24-16(10-17(25)21-3)12(2)27-19(24)22-14/h5-9H,4,10-11H2,1-3H3,(H,21,25). The first-order valence-electron chi connectivity index (χ1n) is 8.65. The maximum Gasteiger partial charge on any atom is 0.259 e. The number of hydrogen-bond acceptors (Lipinski definition) is 5. The number of carbonyl (C=O) groups excluding carboxylic acids is 1. The lowest BCUT2D eigenvalue weighted by molar-refractivity contribution is -0.120. The molecule has 3 rings (SSSR count). The molecule has 2 aromatic heterocycles. The highest BCUT2D eigenvalue weighted by molar-refractivity contribution is 7.17. The Bertz CT molecular complexity index is 1030. The predicted octanol–water partition coefficient (Wildman–Crippen LogP) is 2.52. The van der Waals surface area contributed by atoms with Gasteiger partial charge in [-0.05, 0) is 38.1 Å². The minimum atomic E-state index is -0.287. The molecule has 0 aliphatic carbocycles. The van der Waals surface area contributed by atoms with Crippen LogP contribution in [0, 0.1) is 12.7 Å². The zero-order chi connectivity index (χ0) is 19.6. The summed E-state index contributed by atoms with van der Waals surface area (Å²) in [5.41, 5.74) is 1.97. The molecular formula is C19H21FN4O2S. The second-order valence-electron chi connectivity index (χ2n) is 6.15. The Morgan fingerprint density at radius 3 is 2.67 bits per heavy atom. The number of nitrogens with one attached hydrogen (secondary N) is 1. The molecule has 0 atom stereocenters. The van der Waals surface area contributed by atoms with Gasteiger partial charge >= 0.3 is 0 Å². The lowest BCUT2D eigenvalue weighted by Crippen LogP contribution is -2.26. The molecule has 27 heavy (non-hydrogen) atoms. The summed E-state index contributed by atoms with van der Waals surface area (Å²) in [6.07, 6.45) is 0.139. The van der Waals surface area contributed by atoms with E-state index in [4.69, 9.17) is 0 Å². The highest BCUT2D eigenvalue weighted by Crippen LogP contribution is 2.22. The predicted molar refractivity (Wildman–Crippen MR) is 105 cm³/mol. The monoisotopic (exact) mass is 388 g/mol. The molecule has 142 valence electrons. The summed E-state index contributed by atoms with van der Waals surface area (Å²) >= 11 is 1.40. The number of fused-ring (bicyclic) bond motifs is 1. The lowest BCUT2D eigenvalue weighted by Gasteiger charge is -2.22. The molecule has 8 heteroatoms. The van der Waals surface area contributed by atoms with Crippen LogP contribution in [0.4, 0.5) is 10.1 Å². The Balaban J connectivity index is 1.95. The van der Waals surface area contributed by atoms with Crippen molar-refractivity contribution in [2.24, 2.45) is 0 Å². The van der Waals surface area contributed by atoms with Crippen molar-refractivity contribution in [1.82, 2.24) is 14.7 Å². The van der Waals surface area contributed by atoms with Gasteiger partial charge in [-0.3, -0.25) is 14.0 Å². The minimum Gasteiger partial charge on any atom is -0.366 e. The molecule has 0 saturated heterocycles. The second kappa shape index (κ2) is 7.87. The van der Waals surface area contributed by atoms with Crippen molar-refractivity contribution >= 4 is 27.9 Å². The van der Waals surface area contributed by atoms with E-state index in [1.807, 2.05) is 18.7 Å². The average Bonchev–Trinajstić information content (AvgIpc) is 2.96. The number of anilines is 1. The Hall–Kier alpha value is -2.74. The van der Waals surface area contributed by atoms with Crippen LogP contribution in [0.15, 0.2) is 35.1 Å². The Morgan fingerprint density at radius 1 is 1.33 bits per heavy atom. The molecule has 0 fully saturated rings. The topological polar surface area (TPSA) is 66.7 Å². The number of nitrogens with zero attached hydrogens (tertiary/aromatic N) is 3. The van der Waals surface area contributed by atoms with Gasteiger partial charge in [-0.1, -0.05) is 0 Å². The normalized spacial score (nSPS) is 11.0. The molecule has 3 aromatic rings. The first-order valence-corrected chi connectivity index (χ1v) is 9.46. The first-order chi connectivity index (χ1) is 12.9. The number of hydrogen-bond donors (Lipinski definition) is 1. The van der Waals surface area contributed by atoms with Crippen LogP contribution < -0.4 is 15.8 Å². The Kier molecular flexibility index (Phi) is 5.55. The van der Waals surface area contributed by atoms with Gasteiger partial charge in [-0.2, -0.15) is 0 Å². The smallest absolute Gasteiger partial charge is 0.259 e. The van der Waals surface area contributed by atoms with Crippen LogP contribution in [0.25, 0.3) is 4.96 Å². The number of rotatable bonds is 6. The molecule has 0 radical (unpaired) electrons. The molecule has 2 heterocycles. The van der Waals surface area contributed by atoms with E-state index in [1.165, 1.54) is 33.9 Å². The number of carbonyl (C=O) groups is 1. The number of likely N-dealkylation sites (N-methyl/N-ethyl adjacent to an activating group) is 1. The molecule has 0 aliphatic heterocycles. The highest BCUT2D eigenvalue weighted by Gasteiger charge is 2.16. The van der Waals surface area contributed by atoms with E-state index in [1.54, 1.807) is 19.2 Å². The molecule has 0 spiro atoms. The van der Waals surface area contributed by atoms with E-state index in [-0.39, 0.29) is 23.7 Å². The molecule has 0 unspecified atom stereocenters. The highest BCUT2D eigenvalue weighted by atomic mass is 32.1. The van der Waals surface area contributed by atoms with Gasteiger partial charge in [-0.25, -0.2) is 9.37 Å². The van der Waals surface area contributed by atoms with Crippen LogP contribution in [-0.4, -0.2) is 28.9 Å². The van der Waals surface area contributed by atoms with E-state index in [0.29, 0.717) is 29.4 Å². The zero-order valence-electron chi connectivity index (χ0n) is 15.5. The van der Waals surface area contributed by atoms with Crippen molar-refractivity contribution < 1.29 is 9.18 Å². The summed E-state index contributed by atoms with van der Waals surface area (Å²) in [6.45, 7) is 5.01. The van der Waals surface area contributed by atoms with Crippen molar-refractivity contribution in [3.8, 4) is 0 Å². The van der Waals surface area contributed by atoms with Gasteiger partial charge in [0.15, 0.2) is 4.96 Å². The molecule has 6 nitrogen and oxygen atoms in total. The van der Waals surface area contributed by atoms with Gasteiger partial charge in [0.1, 0.15) is 5.82 Å². The van der Waals surface area contributed by atoms with Crippen molar-refractivity contribution in [3.63, 3.8) is 0 Å². The fourth-order valence-corrected chi connectivity index (χ4v) is 3.94. The van der Waals surface area contributed by atoms with Crippen molar-refractivity contribution in [3.05, 3.63) is 62.8 Å². The first kappa shape index (κ1) is 19.0. The largest absolute Gasteiger partial charge is 0.366 e. The van der Waals surface area contributed by atoms with E-state index in [9.17, 15) is 14.0 Å². The SMILES string of the molecule is CCN(Cc1cc(=O)n2c(CC(=O)NC)c(C)sc2n1)c1ccc(F)cc1. The van der Waals surface area contributed by atoms with Crippen LogP contribution in [0.5, 0.6) is 0 Å². The van der Waals surface area contributed by atoms with Crippen molar-refractivity contribution in [2.45, 2.75) is 26.8 Å². The number of aryl methyl sites for hydroxylation is 1. The molecule has 1 N–H and O–H groups in total. The summed E-state index contributed by atoms with van der Waals surface area (Å²) in [5, 5.41) is 2.58. The van der Waals surface area contributed by atoms with Crippen LogP contribution >= 0.6 is 11.3 Å². The third-order valence-electron chi connectivity index (χ3n) is 4.39. The van der Waals surface area contributed by atoms with Gasteiger partial charge in [0.2, 0.25) is 5.91 Å². The van der Waals surface area contributed by atoms with Crippen molar-refractivity contribution in [2.75, 3.05) is 18.5 Å². The van der Waals surface area contributed by atoms with Gasteiger partial charge in [-0.15, -0.1) is 11.3 Å². The van der Waals surface area contributed by atoms with Crippen LogP contribution in [-0.2, 0) is 17.8 Å². The van der Waals surface area contributed by atoms with Gasteiger partial charge in [0.25, 0.3) is 5.56 Å². The quantitative estimate of drug-likeness (QED) is 0.705. The second-order valence-corrected chi connectivity index (χ2v) is 7.33. The summed E-state index contributed by atoms with van der Waals surface area (Å²) in [6, 6.07) is 7.75. The maximum absolute atomic E-state index is 13.2. The molecule has 0 saturated carbocycles. The molecule has 0 bridgehead atoms. The number of benzene rings is 1. The van der Waals surface area contributed by atoms with E-state index >= 15 is 0 Å². The van der Waals surface area contributed by atoms with Gasteiger partial charge in [0, 0.05) is 30.2 Å². The minimum absolute atomic E-state index is 0.139. The van der Waals surface area contributed by atoms with Crippen LogP contribution in [0.3, 0.4) is 0 Å². The summed E-state index contributed by atoms with van der Waals surface area (Å²) in [4.78, 5) is 32.5. The molecule has 1 aromatic carbocycles. The number of amides is 1. The number of aromatic nitrogens is 2. The van der Waals surface area contributed by atoms with E-state index in [0.717, 1.165) is 10.6 Å². The zero-order valence-corrected chi connectivity index (χ0v) is 16.3. The third kappa shape index (κ3) is 4.00. The Morgan fingerprint density at radius 2 is 2.04 bits per heavy atom. The van der Waals surface area contributed by atoms with E-state index in [2.05, 4.69) is 10.3 Å². The van der Waals surface area contributed by atoms with Crippen LogP contribution in [0.2, 0.25) is 0 Å². The summed E-state index contributed by atoms with van der Waals surface area (Å²) in [7, 11) is 1.57. The van der Waals surface area contributed by atoms with Gasteiger partial charge < -0.3 is 10.2 Å². The average molecular weight is 388 g/mol. The molecule has 1 amide bonds. The maximum atomic E-state index is 13.2. The number of halogens is 1. The van der Waals surface area contributed by atoms with E-state index < -0.39 is 0 Å². The summed E-state index contributed by atoms with van der Waals surface area (Å²) < 4.78 is 14.7. The summed E-state index contributed by atoms with van der Waals surface area (Å²) in [5.74, 6) is -0.437. The van der Waals surface area contributed by atoms with Crippen LogP contribution in [0.1, 0.15) is 23.2 Å².